The van der Waals surface area contributed by atoms with E-state index < -0.39 is 113 Å². The largest absolute Gasteiger partial charge is 0.417 e. The molecular weight excluding hydrogens is 1460 g/mol. The maximum absolute atomic E-state index is 13.9. The quantitative estimate of drug-likeness (QED) is 0.0240. The summed E-state index contributed by atoms with van der Waals surface area (Å²) in [5.41, 5.74) is 9.68. The van der Waals surface area contributed by atoms with Gasteiger partial charge >= 0.3 is 6.18 Å². The number of halogens is 12. The third-order valence-corrected chi connectivity index (χ3v) is 22.1. The predicted octanol–water partition coefficient (Wildman–Crippen LogP) is 18.6. The number of carbonyl (C=O) groups is 1. The highest BCUT2D eigenvalue weighted by Gasteiger charge is 2.61. The molecule has 4 aromatic heterocycles. The number of nitrogens with zero attached hydrogens (tertiary/aromatic N) is 8. The van der Waals surface area contributed by atoms with Crippen LogP contribution in [0.2, 0.25) is 0 Å². The fourth-order valence-electron chi connectivity index (χ4n) is 15.2. The first kappa shape index (κ1) is 83.0. The predicted molar refractivity (Wildman–Crippen MR) is 398 cm³/mol. The van der Waals surface area contributed by atoms with E-state index in [1.165, 1.54) is 0 Å². The molecule has 111 heavy (non-hydrogen) atoms. The molecule has 0 bridgehead atoms. The number of rotatable bonds is 20. The molecular formula is C83H95F12N11O5. The van der Waals surface area contributed by atoms with Gasteiger partial charge in [-0.3, -0.25) is 23.5 Å². The first-order chi connectivity index (χ1) is 52.5. The van der Waals surface area contributed by atoms with Crippen molar-refractivity contribution in [3.8, 4) is 44.5 Å². The summed E-state index contributed by atoms with van der Waals surface area (Å²) in [6, 6.07) is 29.4. The Morgan fingerprint density at radius 2 is 0.865 bits per heavy atom. The number of aromatic nitrogens is 8. The van der Waals surface area contributed by atoms with E-state index in [1.54, 1.807) is 53.6 Å². The molecule has 7 N–H and O–H groups in total. The zero-order valence-electron chi connectivity index (χ0n) is 62.4. The van der Waals surface area contributed by atoms with E-state index in [0.717, 1.165) is 75.8 Å². The minimum absolute atomic E-state index is 0.0131. The molecule has 1 aliphatic heterocycles. The van der Waals surface area contributed by atoms with E-state index in [2.05, 4.69) is 43.7 Å². The van der Waals surface area contributed by atoms with E-state index in [-0.39, 0.29) is 82.0 Å². The SMILES string of the molecule is C=CCNC(c1cccc(-c2cnn(CC)c2)c1)C1(O)CCC(F)(F)CC1.CCn1cc(-c2cccc(C(N)C3(O)CCC(F)(F)CC3)c2)cn1.CCn1cc(-c2cccc(C(NC(=O)c3ccc(F)cc3C(F)(F)F)C3(O)CCC(F)(F)CC3)c2)cn1.CCn1cc(-c2cccc(C3OC34CCC(F)(F)CC4)c2)cn1. The molecule has 596 valence electrons. The Hall–Kier alpha value is -8.93. The van der Waals surface area contributed by atoms with Gasteiger partial charge in [-0.1, -0.05) is 78.9 Å². The molecule has 4 atom stereocenters. The molecule has 1 amide bonds. The van der Waals surface area contributed by atoms with Gasteiger partial charge in [0.2, 0.25) is 23.7 Å². The molecule has 1 spiro atoms. The van der Waals surface area contributed by atoms with Crippen LogP contribution in [0.25, 0.3) is 44.5 Å². The second-order valence-corrected chi connectivity index (χ2v) is 29.8. The Bertz CT molecular complexity index is 4610. The number of hydrogen-bond acceptors (Lipinski definition) is 11. The van der Waals surface area contributed by atoms with Crippen molar-refractivity contribution < 1.29 is 77.5 Å². The van der Waals surface area contributed by atoms with Crippen molar-refractivity contribution in [1.82, 2.24) is 49.8 Å². The van der Waals surface area contributed by atoms with Crippen molar-refractivity contribution in [2.75, 3.05) is 6.54 Å². The highest BCUT2D eigenvalue weighted by atomic mass is 19.4. The van der Waals surface area contributed by atoms with Gasteiger partial charge in [0, 0.05) is 131 Å². The second-order valence-electron chi connectivity index (χ2n) is 29.8. The lowest BCUT2D eigenvalue weighted by molar-refractivity contribution is -0.138. The Labute approximate surface area is 637 Å². The monoisotopic (exact) mass is 1550 g/mol. The number of nitrogens with two attached hydrogens (primary N) is 1. The number of ether oxygens (including phenoxy) is 1. The van der Waals surface area contributed by atoms with E-state index >= 15 is 0 Å². The number of hydrogen-bond donors (Lipinski definition) is 6. The third kappa shape index (κ3) is 20.3. The zero-order valence-corrected chi connectivity index (χ0v) is 62.4. The molecule has 4 aliphatic carbocycles. The van der Waals surface area contributed by atoms with Crippen LogP contribution in [0, 0.1) is 5.82 Å². The van der Waals surface area contributed by atoms with E-state index in [4.69, 9.17) is 10.5 Å². The second kappa shape index (κ2) is 33.8. The average Bonchev–Trinajstić information content (AvgIpc) is 1.55. The average molecular weight is 1550 g/mol. The highest BCUT2D eigenvalue weighted by Crippen LogP contribution is 2.60. The van der Waals surface area contributed by atoms with Crippen molar-refractivity contribution in [2.24, 2.45) is 5.73 Å². The van der Waals surface area contributed by atoms with Crippen LogP contribution in [0.5, 0.6) is 0 Å². The van der Waals surface area contributed by atoms with Crippen LogP contribution < -0.4 is 16.4 Å². The minimum atomic E-state index is -5.02. The van der Waals surface area contributed by atoms with Gasteiger partial charge in [0.25, 0.3) is 5.91 Å². The van der Waals surface area contributed by atoms with Crippen molar-refractivity contribution in [3.63, 3.8) is 0 Å². The van der Waals surface area contributed by atoms with Gasteiger partial charge in [-0.15, -0.1) is 6.58 Å². The van der Waals surface area contributed by atoms with Crippen molar-refractivity contribution in [1.29, 1.82) is 0 Å². The van der Waals surface area contributed by atoms with Gasteiger partial charge < -0.3 is 36.4 Å². The number of aryl methyl sites for hydroxylation is 4. The van der Waals surface area contributed by atoms with Gasteiger partial charge in [0.1, 0.15) is 11.9 Å². The molecule has 5 heterocycles. The van der Waals surface area contributed by atoms with Gasteiger partial charge in [0.15, 0.2) is 0 Å². The Balaban J connectivity index is 0.000000149. The number of benzene rings is 5. The molecule has 28 heteroatoms. The molecule has 9 aromatic rings. The normalized spacial score (nSPS) is 20.3. The topological polar surface area (TPSA) is 212 Å². The maximum Gasteiger partial charge on any atom is 0.417 e. The standard InChI is InChI=1S/C26H25F6N3O2.C21H27F2N3O.C18H23F2N3O.C18H20F2N2O/c1-2-35-15-18(14-33-35)16-4-3-5-17(12-16)22(24(37)8-10-25(28,29)11-9-24)34-23(36)20-7-6-19(27)13-21(20)26(30,31)32;1-3-12-24-19(20(27)8-10-21(22,23)11-9-20)17-7-5-6-16(13-17)18-14-25-26(4-2)15-18;1-2-23-12-15(11-22-23)13-4-3-5-14(10-13)16(21)17(24)6-8-18(19,20)9-7-17;1-2-22-12-15(11-21-22)13-4-3-5-14(10-13)16-17(23-16)6-8-18(19,20)9-7-17/h3-7,12-15,22,37H,2,8-11H2,1H3,(H,34,36);3,5-7,13-15,19,24,27H,1,4,8-12H2,2H3;3-5,10-12,16,24H,2,6-9,21H2,1H3;3-5,10-12,16H,2,6-9H2,1H3. The Morgan fingerprint density at radius 3 is 1.26 bits per heavy atom. The minimum Gasteiger partial charge on any atom is -0.388 e. The number of amides is 1. The van der Waals surface area contributed by atoms with Gasteiger partial charge in [-0.25, -0.2) is 39.5 Å². The van der Waals surface area contributed by atoms with E-state index in [1.807, 2.05) is 139 Å². The fourth-order valence-corrected chi connectivity index (χ4v) is 15.2. The maximum atomic E-state index is 13.9. The van der Waals surface area contributed by atoms with E-state index in [9.17, 15) is 72.8 Å². The third-order valence-electron chi connectivity index (χ3n) is 22.1. The molecule has 4 unspecified atom stereocenters. The van der Waals surface area contributed by atoms with Crippen molar-refractivity contribution >= 4 is 5.91 Å². The van der Waals surface area contributed by atoms with Crippen LogP contribution in [0.4, 0.5) is 52.7 Å². The summed E-state index contributed by atoms with van der Waals surface area (Å²) in [6.45, 7) is 15.2. The van der Waals surface area contributed by atoms with Crippen LogP contribution in [0.1, 0.15) is 193 Å². The van der Waals surface area contributed by atoms with Crippen LogP contribution >= 0.6 is 0 Å². The number of carbonyl (C=O) groups excluding carboxylic acids is 1. The summed E-state index contributed by atoms with van der Waals surface area (Å²) >= 11 is 0. The smallest absolute Gasteiger partial charge is 0.388 e. The summed E-state index contributed by atoms with van der Waals surface area (Å²) in [6.07, 6.45) is 9.03. The molecule has 0 radical (unpaired) electrons. The lowest BCUT2D eigenvalue weighted by atomic mass is 9.75. The van der Waals surface area contributed by atoms with Crippen molar-refractivity contribution in [3.05, 3.63) is 217 Å². The summed E-state index contributed by atoms with van der Waals surface area (Å²) in [4.78, 5) is 13.1. The summed E-state index contributed by atoms with van der Waals surface area (Å²) in [7, 11) is 0. The molecule has 5 aromatic carbocycles. The highest BCUT2D eigenvalue weighted by molar-refractivity contribution is 5.96. The van der Waals surface area contributed by atoms with Crippen LogP contribution in [0.15, 0.2) is 177 Å². The number of epoxide rings is 1. The van der Waals surface area contributed by atoms with Gasteiger partial charge in [-0.05, 0) is 166 Å². The summed E-state index contributed by atoms with van der Waals surface area (Å²) in [5.74, 6) is -13.3. The van der Waals surface area contributed by atoms with Crippen LogP contribution in [-0.2, 0) is 37.1 Å². The van der Waals surface area contributed by atoms with Gasteiger partial charge in [0.05, 0.1) is 76.4 Å². The first-order valence-electron chi connectivity index (χ1n) is 37.7. The summed E-state index contributed by atoms with van der Waals surface area (Å²) < 4.78 is 176. The zero-order chi connectivity index (χ0) is 80.0. The molecule has 5 aliphatic rings. The molecule has 5 fully saturated rings. The van der Waals surface area contributed by atoms with Crippen molar-refractivity contribution in [2.45, 2.75) is 233 Å². The van der Waals surface area contributed by atoms with Crippen LogP contribution in [-0.4, -0.2) is 113 Å². The first-order valence-corrected chi connectivity index (χ1v) is 37.7. The Kier molecular flexibility index (Phi) is 25.3. The molecule has 14 rings (SSSR count). The lowest BCUT2D eigenvalue weighted by Gasteiger charge is -2.42. The number of alkyl halides is 11. The fraction of sp³-hybridized carbons (Fsp3) is 0.458. The van der Waals surface area contributed by atoms with E-state index in [0.29, 0.717) is 48.7 Å². The lowest BCUT2D eigenvalue weighted by Crippen LogP contribution is -2.50. The molecule has 1 saturated heterocycles. The summed E-state index contributed by atoms with van der Waals surface area (Å²) in [5, 5.41) is 56.2. The molecule has 16 nitrogen and oxygen atoms in total. The molecule has 4 saturated carbocycles. The van der Waals surface area contributed by atoms with Gasteiger partial charge in [-0.2, -0.15) is 33.6 Å². The Morgan fingerprint density at radius 1 is 0.505 bits per heavy atom. The number of aliphatic hydroxyl groups is 3. The van der Waals surface area contributed by atoms with Crippen LogP contribution in [0.3, 0.4) is 0 Å². The number of nitrogens with one attached hydrogen (secondary N) is 2.